The number of aldehydes is 1. The van der Waals surface area contributed by atoms with Gasteiger partial charge < -0.3 is 43.5 Å². The number of nitro groups is 1. The summed E-state index contributed by atoms with van der Waals surface area (Å²) in [5.41, 5.74) is 2.76. The number of aliphatic hydroxyl groups excluding tert-OH is 2. The maximum atomic E-state index is 15.1. The second kappa shape index (κ2) is 23.5. The van der Waals surface area contributed by atoms with E-state index in [1.165, 1.54) is 48.4 Å². The molecule has 2 heterocycles. The molecule has 4 aromatic rings. The molecule has 376 valence electrons. The normalized spacial score (nSPS) is 23.8. The van der Waals surface area contributed by atoms with E-state index in [4.69, 9.17) is 38.4 Å². The standard InChI is InChI=1S/C54H60FN3O13/c1-3-27-67-54-49(57(33-35-13-15-38(55)16-14-35)53(62)69-40-19-17-39(18-20-40)58(63)64)32-46(56-71-50-12-6-9-28-66-50)44-30-36(10-4-7-25-59)43(11-5-8-26-60)51(52(44)54)45-31-42(22-24-48(45)70-54)68-41-21-23-47(65-2)37(29-41)34-61/h3,13-24,29-31,34,36,43,49-52,59-60H,1,4-12,25-28,32-33H2,2H3. The highest BCUT2D eigenvalue weighted by atomic mass is 19.1. The summed E-state index contributed by atoms with van der Waals surface area (Å²) in [5.74, 6) is -1.76. The van der Waals surface area contributed by atoms with Crippen molar-refractivity contribution >= 4 is 23.8 Å². The van der Waals surface area contributed by atoms with Crippen molar-refractivity contribution in [2.75, 3.05) is 33.5 Å². The Bertz CT molecular complexity index is 2570. The average Bonchev–Trinajstić information content (AvgIpc) is 3.38. The molecule has 2 aliphatic heterocycles. The van der Waals surface area contributed by atoms with Crippen LogP contribution in [0.15, 0.2) is 114 Å². The molecule has 4 aliphatic rings. The molecule has 8 rings (SSSR count). The molecule has 1 saturated carbocycles. The van der Waals surface area contributed by atoms with Crippen LogP contribution in [0.2, 0.25) is 0 Å². The number of ether oxygens (including phenoxy) is 6. The number of nitrogens with zero attached hydrogens (tertiary/aromatic N) is 3. The predicted octanol–water partition coefficient (Wildman–Crippen LogP) is 10.2. The number of oxime groups is 1. The van der Waals surface area contributed by atoms with Crippen molar-refractivity contribution in [3.05, 3.63) is 142 Å². The topological polar surface area (TPSA) is 198 Å². The van der Waals surface area contributed by atoms with Gasteiger partial charge in [0.15, 0.2) is 6.29 Å². The van der Waals surface area contributed by atoms with E-state index in [0.29, 0.717) is 91.3 Å². The number of non-ortho nitro benzene ring substituents is 1. The van der Waals surface area contributed by atoms with Crippen molar-refractivity contribution in [3.63, 3.8) is 0 Å². The molecule has 7 atom stereocenters. The number of amides is 1. The first-order valence-electron chi connectivity index (χ1n) is 24.2. The van der Waals surface area contributed by atoms with Gasteiger partial charge in [-0.3, -0.25) is 19.8 Å². The van der Waals surface area contributed by atoms with E-state index in [2.05, 4.69) is 12.7 Å². The number of rotatable bonds is 22. The van der Waals surface area contributed by atoms with Crippen molar-refractivity contribution in [1.82, 2.24) is 4.90 Å². The molecule has 0 radical (unpaired) electrons. The lowest BCUT2D eigenvalue weighted by Gasteiger charge is -2.59. The van der Waals surface area contributed by atoms with E-state index in [-0.39, 0.29) is 56.1 Å². The molecule has 0 spiro atoms. The number of methoxy groups -OCH3 is 1. The number of hydrogen-bond donors (Lipinski definition) is 2. The number of aliphatic hydroxyl groups is 2. The van der Waals surface area contributed by atoms with Gasteiger partial charge in [-0.15, -0.1) is 6.58 Å². The highest BCUT2D eigenvalue weighted by Gasteiger charge is 2.66. The van der Waals surface area contributed by atoms with E-state index in [9.17, 15) is 29.5 Å². The number of carbonyl (C=O) groups is 2. The van der Waals surface area contributed by atoms with Gasteiger partial charge in [0, 0.05) is 56.2 Å². The molecule has 4 aromatic carbocycles. The number of allylic oxidation sites excluding steroid dienone is 1. The number of halogens is 1. The minimum Gasteiger partial charge on any atom is -0.496 e. The Balaban J connectivity index is 1.34. The van der Waals surface area contributed by atoms with Gasteiger partial charge >= 0.3 is 6.09 Å². The molecule has 7 unspecified atom stereocenters. The van der Waals surface area contributed by atoms with Crippen LogP contribution in [0.25, 0.3) is 0 Å². The zero-order valence-corrected chi connectivity index (χ0v) is 39.7. The zero-order chi connectivity index (χ0) is 49.9. The lowest BCUT2D eigenvalue weighted by atomic mass is 9.55. The van der Waals surface area contributed by atoms with Crippen LogP contribution in [0.3, 0.4) is 0 Å². The Morgan fingerprint density at radius 1 is 0.972 bits per heavy atom. The molecule has 71 heavy (non-hydrogen) atoms. The Labute approximate surface area is 411 Å². The van der Waals surface area contributed by atoms with Crippen molar-refractivity contribution in [2.24, 2.45) is 22.9 Å². The van der Waals surface area contributed by atoms with Gasteiger partial charge in [0.05, 0.1) is 42.4 Å². The second-order valence-electron chi connectivity index (χ2n) is 18.2. The molecule has 17 heteroatoms. The second-order valence-corrected chi connectivity index (χ2v) is 18.2. The molecule has 2 N–H and O–H groups in total. The number of unbranched alkanes of at least 4 members (excludes halogenated alkanes) is 2. The lowest BCUT2D eigenvalue weighted by Crippen LogP contribution is -2.70. The number of fused-ring (bicyclic) bond motifs is 2. The van der Waals surface area contributed by atoms with Gasteiger partial charge in [-0.2, -0.15) is 0 Å². The molecule has 1 saturated heterocycles. The largest absolute Gasteiger partial charge is 0.496 e. The van der Waals surface area contributed by atoms with Gasteiger partial charge in [-0.25, -0.2) is 9.18 Å². The molecule has 0 bridgehead atoms. The van der Waals surface area contributed by atoms with Crippen LogP contribution in [0.1, 0.15) is 91.6 Å². The smallest absolute Gasteiger partial charge is 0.416 e. The summed E-state index contributed by atoms with van der Waals surface area (Å²) in [4.78, 5) is 45.9. The molecule has 2 aliphatic carbocycles. The van der Waals surface area contributed by atoms with Crippen LogP contribution in [0.4, 0.5) is 14.9 Å². The van der Waals surface area contributed by atoms with E-state index >= 15 is 4.79 Å². The van der Waals surface area contributed by atoms with Crippen LogP contribution in [0.5, 0.6) is 28.7 Å². The van der Waals surface area contributed by atoms with Crippen LogP contribution in [-0.2, 0) is 20.9 Å². The average molecular weight is 978 g/mol. The maximum absolute atomic E-state index is 15.1. The molecular formula is C54H60FN3O13. The van der Waals surface area contributed by atoms with E-state index in [0.717, 1.165) is 30.4 Å². The third-order valence-electron chi connectivity index (χ3n) is 13.8. The summed E-state index contributed by atoms with van der Waals surface area (Å²) in [7, 11) is 1.48. The molecule has 0 aromatic heterocycles. The first kappa shape index (κ1) is 50.7. The lowest BCUT2D eigenvalue weighted by molar-refractivity contribution is -0.384. The fourth-order valence-corrected chi connectivity index (χ4v) is 10.5. The Morgan fingerprint density at radius 2 is 1.70 bits per heavy atom. The third-order valence-corrected chi connectivity index (χ3v) is 13.8. The fourth-order valence-electron chi connectivity index (χ4n) is 10.5. The minimum absolute atomic E-state index is 0.000462. The number of benzene rings is 4. The summed E-state index contributed by atoms with van der Waals surface area (Å²) in [6.07, 6.45) is 9.40. The van der Waals surface area contributed by atoms with Gasteiger partial charge in [0.25, 0.3) is 5.69 Å². The zero-order valence-electron chi connectivity index (χ0n) is 39.7. The minimum atomic E-state index is -1.70. The van der Waals surface area contributed by atoms with Crippen LogP contribution >= 0.6 is 0 Å². The first-order chi connectivity index (χ1) is 34.6. The van der Waals surface area contributed by atoms with Crippen LogP contribution in [-0.4, -0.2) is 89.8 Å². The van der Waals surface area contributed by atoms with Crippen molar-refractivity contribution in [3.8, 4) is 28.7 Å². The van der Waals surface area contributed by atoms with E-state index < -0.39 is 46.8 Å². The first-order valence-corrected chi connectivity index (χ1v) is 24.2. The van der Waals surface area contributed by atoms with E-state index in [1.54, 1.807) is 48.5 Å². The Hall–Kier alpha value is -6.66. The van der Waals surface area contributed by atoms with Gasteiger partial charge in [0.1, 0.15) is 40.6 Å². The molecular weight excluding hydrogens is 918 g/mol. The summed E-state index contributed by atoms with van der Waals surface area (Å²) in [6.45, 7) is 4.41. The van der Waals surface area contributed by atoms with Crippen molar-refractivity contribution < 1.29 is 62.4 Å². The van der Waals surface area contributed by atoms with Gasteiger partial charge in [-0.05, 0) is 122 Å². The quantitative estimate of drug-likeness (QED) is 0.0248. The Morgan fingerprint density at radius 3 is 2.39 bits per heavy atom. The van der Waals surface area contributed by atoms with Crippen LogP contribution in [0, 0.1) is 33.7 Å². The molecule has 2 fully saturated rings. The highest BCUT2D eigenvalue weighted by molar-refractivity contribution is 6.03. The summed E-state index contributed by atoms with van der Waals surface area (Å²) < 4.78 is 52.9. The molecule has 1 amide bonds. The maximum Gasteiger partial charge on any atom is 0.416 e. The van der Waals surface area contributed by atoms with Crippen molar-refractivity contribution in [2.45, 2.75) is 94.8 Å². The highest BCUT2D eigenvalue weighted by Crippen LogP contribution is 2.62. The predicted molar refractivity (Wildman–Crippen MR) is 259 cm³/mol. The monoisotopic (exact) mass is 977 g/mol. The fraction of sp³-hybridized carbons (Fsp3) is 0.426. The van der Waals surface area contributed by atoms with Crippen LogP contribution < -0.4 is 18.9 Å². The van der Waals surface area contributed by atoms with Gasteiger partial charge in [-0.1, -0.05) is 42.3 Å². The number of nitro benzene ring substituents is 1. The molecule has 16 nitrogen and oxygen atoms in total. The Kier molecular flexibility index (Phi) is 16.8. The summed E-state index contributed by atoms with van der Waals surface area (Å²) in [6, 6.07) is 20.3. The number of carbonyl (C=O) groups excluding carboxylic acids is 2. The summed E-state index contributed by atoms with van der Waals surface area (Å²) >= 11 is 0. The van der Waals surface area contributed by atoms with Crippen molar-refractivity contribution in [1.29, 1.82) is 0 Å². The third kappa shape index (κ3) is 11.4. The van der Waals surface area contributed by atoms with Gasteiger partial charge in [0.2, 0.25) is 12.1 Å². The SMILES string of the molecule is C=CCOC12Oc3ccc(Oc4ccc(OC)c(C=O)c4)cc3C3C(CCCCO)C(CCCCO)C=C(C(=NOC4CCCCO4)CC1N(Cc1ccc(F)cc1)C(=O)Oc1ccc([N+](=O)[O-])cc1)C32. The number of hydrogen-bond acceptors (Lipinski definition) is 14. The van der Waals surface area contributed by atoms with E-state index in [1.807, 2.05) is 6.07 Å². The summed E-state index contributed by atoms with van der Waals surface area (Å²) in [5, 5.41) is 36.5.